The number of benzene rings is 2. The minimum absolute atomic E-state index is 0.422. The normalized spacial score (nSPS) is 11.8. The van der Waals surface area contributed by atoms with Crippen LogP contribution in [0.2, 0.25) is 0 Å². The van der Waals surface area contributed by atoms with Gasteiger partial charge in [-0.05, 0) is 44.5 Å². The number of anilines is 1. The van der Waals surface area contributed by atoms with E-state index >= 15 is 0 Å². The smallest absolute Gasteiger partial charge is 0.331 e. The number of rotatable bonds is 7. The van der Waals surface area contributed by atoms with E-state index in [2.05, 4.69) is 5.32 Å². The molecule has 5 heteroatoms. The van der Waals surface area contributed by atoms with Gasteiger partial charge in [-0.2, -0.15) is 0 Å². The van der Waals surface area contributed by atoms with E-state index in [1.165, 1.54) is 13.0 Å². The summed E-state index contributed by atoms with van der Waals surface area (Å²) in [6, 6.07) is 14.8. The third-order valence-electron chi connectivity index (χ3n) is 3.60. The number of amides is 1. The van der Waals surface area contributed by atoms with E-state index < -0.39 is 18.0 Å². The summed E-state index contributed by atoms with van der Waals surface area (Å²) >= 11 is 0. The first kappa shape index (κ1) is 19.2. The molecule has 0 saturated carbocycles. The maximum absolute atomic E-state index is 12.2. The Morgan fingerprint density at radius 3 is 2.50 bits per heavy atom. The number of aryl methyl sites for hydroxylation is 1. The van der Waals surface area contributed by atoms with Crippen molar-refractivity contribution in [2.75, 3.05) is 11.9 Å². The van der Waals surface area contributed by atoms with E-state index in [1.54, 1.807) is 24.3 Å². The third-order valence-corrected chi connectivity index (χ3v) is 3.60. The average Bonchev–Trinajstić information content (AvgIpc) is 2.63. The summed E-state index contributed by atoms with van der Waals surface area (Å²) in [7, 11) is 0. The molecule has 0 bridgehead atoms. The molecular weight excluding hydrogens is 330 g/mol. The maximum atomic E-state index is 12.2. The molecule has 0 heterocycles. The van der Waals surface area contributed by atoms with Crippen molar-refractivity contribution in [1.82, 2.24) is 0 Å². The lowest BCUT2D eigenvalue weighted by Gasteiger charge is -2.15. The minimum atomic E-state index is -0.931. The van der Waals surface area contributed by atoms with Gasteiger partial charge in [0.05, 0.1) is 12.3 Å². The van der Waals surface area contributed by atoms with Crippen molar-refractivity contribution in [3.63, 3.8) is 0 Å². The Bertz CT molecular complexity index is 781. The molecule has 0 aliphatic heterocycles. The Labute approximate surface area is 153 Å². The van der Waals surface area contributed by atoms with Crippen molar-refractivity contribution in [1.29, 1.82) is 0 Å². The Kier molecular flexibility index (Phi) is 6.97. The van der Waals surface area contributed by atoms with Gasteiger partial charge in [0.15, 0.2) is 6.10 Å². The molecule has 0 radical (unpaired) electrons. The van der Waals surface area contributed by atoms with Crippen LogP contribution in [-0.2, 0) is 14.3 Å². The van der Waals surface area contributed by atoms with E-state index in [1.807, 2.05) is 44.2 Å². The molecule has 0 aliphatic carbocycles. The zero-order valence-electron chi connectivity index (χ0n) is 15.2. The number of hydrogen-bond donors (Lipinski definition) is 1. The van der Waals surface area contributed by atoms with Gasteiger partial charge in [-0.1, -0.05) is 42.0 Å². The van der Waals surface area contributed by atoms with Crippen LogP contribution in [-0.4, -0.2) is 24.6 Å². The molecule has 1 atom stereocenters. The lowest BCUT2D eigenvalue weighted by atomic mass is 10.1. The Balaban J connectivity index is 1.92. The van der Waals surface area contributed by atoms with Gasteiger partial charge < -0.3 is 14.8 Å². The number of nitrogens with one attached hydrogen (secondary N) is 1. The second-order valence-electron chi connectivity index (χ2n) is 5.74. The molecule has 1 N–H and O–H groups in total. The van der Waals surface area contributed by atoms with Crippen molar-refractivity contribution in [3.05, 3.63) is 65.7 Å². The van der Waals surface area contributed by atoms with E-state index in [4.69, 9.17) is 9.47 Å². The van der Waals surface area contributed by atoms with Gasteiger partial charge in [0.1, 0.15) is 5.75 Å². The lowest BCUT2D eigenvalue weighted by molar-refractivity contribution is -0.148. The fourth-order valence-electron chi connectivity index (χ4n) is 2.19. The molecule has 2 aromatic carbocycles. The van der Waals surface area contributed by atoms with Gasteiger partial charge in [0, 0.05) is 6.08 Å². The first-order valence-electron chi connectivity index (χ1n) is 8.47. The van der Waals surface area contributed by atoms with E-state index in [0.29, 0.717) is 18.0 Å². The first-order chi connectivity index (χ1) is 12.5. The molecule has 0 unspecified atom stereocenters. The van der Waals surface area contributed by atoms with E-state index in [0.717, 1.165) is 11.1 Å². The molecule has 26 heavy (non-hydrogen) atoms. The molecule has 1 amide bonds. The Hall–Kier alpha value is -3.08. The van der Waals surface area contributed by atoms with Gasteiger partial charge in [0.25, 0.3) is 5.91 Å². The van der Waals surface area contributed by atoms with E-state index in [9.17, 15) is 9.59 Å². The monoisotopic (exact) mass is 353 g/mol. The molecule has 0 spiro atoms. The summed E-state index contributed by atoms with van der Waals surface area (Å²) in [6.45, 7) is 5.87. The molecule has 0 fully saturated rings. The van der Waals surface area contributed by atoms with Crippen LogP contribution >= 0.6 is 0 Å². The zero-order valence-corrected chi connectivity index (χ0v) is 15.2. The SMILES string of the molecule is CCOc1ccccc1NC(=O)[C@@H](C)OC(=O)/C=C/c1ccc(C)cc1. The van der Waals surface area contributed by atoms with Crippen molar-refractivity contribution >= 4 is 23.6 Å². The number of para-hydroxylation sites is 2. The number of hydrogen-bond acceptors (Lipinski definition) is 4. The van der Waals surface area contributed by atoms with Crippen molar-refractivity contribution in [2.45, 2.75) is 26.9 Å². The second-order valence-corrected chi connectivity index (χ2v) is 5.74. The van der Waals surface area contributed by atoms with E-state index in [-0.39, 0.29) is 0 Å². The van der Waals surface area contributed by atoms with Crippen molar-refractivity contribution in [3.8, 4) is 5.75 Å². The van der Waals surface area contributed by atoms with Crippen LogP contribution in [0.15, 0.2) is 54.6 Å². The van der Waals surface area contributed by atoms with Crippen LogP contribution < -0.4 is 10.1 Å². The number of ether oxygens (including phenoxy) is 2. The standard InChI is InChI=1S/C21H23NO4/c1-4-25-19-8-6-5-7-18(19)22-21(24)16(3)26-20(23)14-13-17-11-9-15(2)10-12-17/h5-14,16H,4H2,1-3H3,(H,22,24)/b14-13+/t16-/m1/s1. The summed E-state index contributed by atoms with van der Waals surface area (Å²) in [5.74, 6) is -0.429. The molecule has 5 nitrogen and oxygen atoms in total. The van der Waals surface area contributed by atoms with Crippen molar-refractivity contribution in [2.24, 2.45) is 0 Å². The van der Waals surface area contributed by atoms with Gasteiger partial charge in [0.2, 0.25) is 0 Å². The fourth-order valence-corrected chi connectivity index (χ4v) is 2.19. The zero-order chi connectivity index (χ0) is 18.9. The summed E-state index contributed by atoms with van der Waals surface area (Å²) in [5, 5.41) is 2.72. The number of carbonyl (C=O) groups is 2. The molecular formula is C21H23NO4. The predicted octanol–water partition coefficient (Wildman–Crippen LogP) is 3.98. The van der Waals surface area contributed by atoms with Crippen LogP contribution in [0.1, 0.15) is 25.0 Å². The summed E-state index contributed by atoms with van der Waals surface area (Å²) in [4.78, 5) is 24.2. The molecule has 2 rings (SSSR count). The van der Waals surface area contributed by atoms with Gasteiger partial charge in [-0.15, -0.1) is 0 Å². The highest BCUT2D eigenvalue weighted by Crippen LogP contribution is 2.23. The lowest BCUT2D eigenvalue weighted by Crippen LogP contribution is -2.29. The van der Waals surface area contributed by atoms with Crippen LogP contribution in [0.4, 0.5) is 5.69 Å². The van der Waals surface area contributed by atoms with Crippen molar-refractivity contribution < 1.29 is 19.1 Å². The Morgan fingerprint density at radius 2 is 1.81 bits per heavy atom. The third kappa shape index (κ3) is 5.77. The van der Waals surface area contributed by atoms with Gasteiger partial charge in [-0.3, -0.25) is 4.79 Å². The van der Waals surface area contributed by atoms with Crippen LogP contribution in [0.3, 0.4) is 0 Å². The first-order valence-corrected chi connectivity index (χ1v) is 8.47. The van der Waals surface area contributed by atoms with Crippen LogP contribution in [0, 0.1) is 6.92 Å². The highest BCUT2D eigenvalue weighted by atomic mass is 16.5. The topological polar surface area (TPSA) is 64.6 Å². The van der Waals surface area contributed by atoms with Crippen LogP contribution in [0.5, 0.6) is 5.75 Å². The quantitative estimate of drug-likeness (QED) is 0.604. The number of carbonyl (C=O) groups excluding carboxylic acids is 2. The molecule has 136 valence electrons. The minimum Gasteiger partial charge on any atom is -0.492 e. The molecule has 2 aromatic rings. The molecule has 0 saturated heterocycles. The Morgan fingerprint density at radius 1 is 1.12 bits per heavy atom. The van der Waals surface area contributed by atoms with Gasteiger partial charge >= 0.3 is 5.97 Å². The predicted molar refractivity (Wildman–Crippen MR) is 102 cm³/mol. The maximum Gasteiger partial charge on any atom is 0.331 e. The fraction of sp³-hybridized carbons (Fsp3) is 0.238. The highest BCUT2D eigenvalue weighted by molar-refractivity contribution is 5.97. The summed E-state index contributed by atoms with van der Waals surface area (Å²) < 4.78 is 10.6. The largest absolute Gasteiger partial charge is 0.492 e. The highest BCUT2D eigenvalue weighted by Gasteiger charge is 2.18. The van der Waals surface area contributed by atoms with Crippen LogP contribution in [0.25, 0.3) is 6.08 Å². The summed E-state index contributed by atoms with van der Waals surface area (Å²) in [6.07, 6.45) is 2.03. The number of esters is 1. The second kappa shape index (κ2) is 9.42. The molecule has 0 aromatic heterocycles. The summed E-state index contributed by atoms with van der Waals surface area (Å²) in [5.41, 5.74) is 2.56. The van der Waals surface area contributed by atoms with Gasteiger partial charge in [-0.25, -0.2) is 4.79 Å². The average molecular weight is 353 g/mol. The molecule has 0 aliphatic rings.